The van der Waals surface area contributed by atoms with Crippen molar-refractivity contribution < 1.29 is 4.79 Å². The number of rotatable bonds is 1. The molecule has 1 rings (SSSR count). The Morgan fingerprint density at radius 1 is 1.80 bits per heavy atom. The van der Waals surface area contributed by atoms with E-state index in [1.54, 1.807) is 0 Å². The van der Waals surface area contributed by atoms with Crippen LogP contribution < -0.4 is 0 Å². The van der Waals surface area contributed by atoms with Gasteiger partial charge in [-0.05, 0) is 18.6 Å². The summed E-state index contributed by atoms with van der Waals surface area (Å²) in [6.45, 7) is 1.67. The first-order valence-corrected chi connectivity index (χ1v) is 3.62. The van der Waals surface area contributed by atoms with Crippen LogP contribution in [0.25, 0.3) is 0 Å². The molecule has 0 bridgehead atoms. The summed E-state index contributed by atoms with van der Waals surface area (Å²) in [7, 11) is 1.97. The number of carbonyl (C=O) groups excluding carboxylic acids is 1. The smallest absolute Gasteiger partial charge is 0.229 e. The Balaban J connectivity index is 2.55. The van der Waals surface area contributed by atoms with Crippen LogP contribution in [-0.4, -0.2) is 30.3 Å². The lowest BCUT2D eigenvalue weighted by molar-refractivity contribution is -0.114. The van der Waals surface area contributed by atoms with Crippen molar-refractivity contribution in [3.8, 4) is 0 Å². The maximum atomic E-state index is 10.6. The lowest BCUT2D eigenvalue weighted by Gasteiger charge is -2.21. The summed E-state index contributed by atoms with van der Waals surface area (Å²) in [6.07, 6.45) is 3.84. The minimum absolute atomic E-state index is 0.0968. The van der Waals surface area contributed by atoms with Gasteiger partial charge in [-0.15, -0.1) is 0 Å². The van der Waals surface area contributed by atoms with E-state index in [9.17, 15) is 4.79 Å². The maximum Gasteiger partial charge on any atom is 0.229 e. The molecule has 0 aromatic heterocycles. The van der Waals surface area contributed by atoms with Gasteiger partial charge < -0.3 is 4.90 Å². The normalized spacial score (nSPS) is 26.8. The zero-order chi connectivity index (χ0) is 7.56. The molecule has 3 heteroatoms. The van der Waals surface area contributed by atoms with Crippen molar-refractivity contribution in [2.45, 2.75) is 0 Å². The monoisotopic (exact) mass is 159 g/mol. The highest BCUT2D eigenvalue weighted by molar-refractivity contribution is 6.64. The number of hydrogen-bond acceptors (Lipinski definition) is 2. The Bertz CT molecular complexity index is 167. The molecule has 1 unspecified atom stereocenters. The van der Waals surface area contributed by atoms with Gasteiger partial charge in [0.2, 0.25) is 5.24 Å². The number of nitrogens with zero attached hydrogens (tertiary/aromatic N) is 1. The first-order valence-electron chi connectivity index (χ1n) is 3.24. The number of halogens is 1. The van der Waals surface area contributed by atoms with Gasteiger partial charge in [0.25, 0.3) is 0 Å². The van der Waals surface area contributed by atoms with Crippen LogP contribution >= 0.6 is 11.6 Å². The minimum atomic E-state index is -0.261. The van der Waals surface area contributed by atoms with Crippen LogP contribution in [0.4, 0.5) is 0 Å². The largest absolute Gasteiger partial charge is 0.302 e. The van der Waals surface area contributed by atoms with E-state index in [1.807, 2.05) is 19.2 Å². The van der Waals surface area contributed by atoms with Gasteiger partial charge in [-0.3, -0.25) is 4.79 Å². The molecule has 0 aliphatic carbocycles. The standard InChI is InChI=1S/C7H10ClNO/c1-9-4-2-3-6(5-9)7(8)10/h2-3,6H,4-5H2,1H3. The van der Waals surface area contributed by atoms with E-state index >= 15 is 0 Å². The van der Waals surface area contributed by atoms with E-state index in [-0.39, 0.29) is 11.2 Å². The average molecular weight is 160 g/mol. The van der Waals surface area contributed by atoms with Gasteiger partial charge in [0, 0.05) is 13.1 Å². The molecule has 0 aromatic rings. The fourth-order valence-corrected chi connectivity index (χ4v) is 1.17. The van der Waals surface area contributed by atoms with Crippen molar-refractivity contribution in [2.24, 2.45) is 5.92 Å². The van der Waals surface area contributed by atoms with Crippen molar-refractivity contribution in [1.82, 2.24) is 4.90 Å². The van der Waals surface area contributed by atoms with Crippen molar-refractivity contribution >= 4 is 16.8 Å². The Hall–Kier alpha value is -0.340. The van der Waals surface area contributed by atoms with E-state index in [4.69, 9.17) is 11.6 Å². The average Bonchev–Trinajstić information content (AvgIpc) is 1.88. The molecule has 1 aliphatic rings. The van der Waals surface area contributed by atoms with Crippen LogP contribution in [-0.2, 0) is 4.79 Å². The van der Waals surface area contributed by atoms with Crippen LogP contribution in [0.15, 0.2) is 12.2 Å². The SMILES string of the molecule is CN1CC=CC(C(=O)Cl)C1. The second kappa shape index (κ2) is 3.17. The molecule has 0 fully saturated rings. The number of likely N-dealkylation sites (N-methyl/N-ethyl adjacent to an activating group) is 1. The van der Waals surface area contributed by atoms with Gasteiger partial charge in [0.15, 0.2) is 0 Å². The third-order valence-corrected chi connectivity index (χ3v) is 1.87. The third-order valence-electron chi connectivity index (χ3n) is 1.59. The summed E-state index contributed by atoms with van der Waals surface area (Å²) >= 11 is 5.31. The summed E-state index contributed by atoms with van der Waals surface area (Å²) in [5, 5.41) is -0.261. The first-order chi connectivity index (χ1) is 4.70. The van der Waals surface area contributed by atoms with Gasteiger partial charge in [-0.25, -0.2) is 0 Å². The molecule has 0 N–H and O–H groups in total. The predicted octanol–water partition coefficient (Wildman–Crippen LogP) is 0.870. The second-order valence-electron chi connectivity index (χ2n) is 2.56. The fourth-order valence-electron chi connectivity index (χ4n) is 1.02. The van der Waals surface area contributed by atoms with Crippen molar-refractivity contribution in [3.63, 3.8) is 0 Å². The molecule has 10 heavy (non-hydrogen) atoms. The Labute approximate surface area is 65.5 Å². The van der Waals surface area contributed by atoms with Crippen LogP contribution in [0.2, 0.25) is 0 Å². The highest BCUT2D eigenvalue weighted by atomic mass is 35.5. The summed E-state index contributed by atoms with van der Waals surface area (Å²) in [5.74, 6) is -0.0968. The summed E-state index contributed by atoms with van der Waals surface area (Å²) in [5.41, 5.74) is 0. The Morgan fingerprint density at radius 3 is 2.90 bits per heavy atom. The molecule has 0 saturated carbocycles. The highest BCUT2D eigenvalue weighted by Gasteiger charge is 2.17. The predicted molar refractivity (Wildman–Crippen MR) is 41.0 cm³/mol. The van der Waals surface area contributed by atoms with E-state index in [0.29, 0.717) is 0 Å². The molecule has 0 saturated heterocycles. The topological polar surface area (TPSA) is 20.3 Å². The third kappa shape index (κ3) is 1.82. The lowest BCUT2D eigenvalue weighted by Crippen LogP contribution is -2.31. The molecular weight excluding hydrogens is 150 g/mol. The second-order valence-corrected chi connectivity index (χ2v) is 2.93. The van der Waals surface area contributed by atoms with Crippen LogP contribution in [0.3, 0.4) is 0 Å². The zero-order valence-electron chi connectivity index (χ0n) is 5.88. The van der Waals surface area contributed by atoms with E-state index in [1.165, 1.54) is 0 Å². The Kier molecular flexibility index (Phi) is 2.46. The summed E-state index contributed by atoms with van der Waals surface area (Å²) in [6, 6.07) is 0. The number of hydrogen-bond donors (Lipinski definition) is 0. The lowest BCUT2D eigenvalue weighted by atomic mass is 10.1. The molecular formula is C7H10ClNO. The van der Waals surface area contributed by atoms with Gasteiger partial charge in [0.05, 0.1) is 5.92 Å². The van der Waals surface area contributed by atoms with E-state index in [0.717, 1.165) is 13.1 Å². The molecule has 0 spiro atoms. The molecule has 1 heterocycles. The van der Waals surface area contributed by atoms with Crippen LogP contribution in [0.5, 0.6) is 0 Å². The first kappa shape index (κ1) is 7.76. The van der Waals surface area contributed by atoms with Crippen molar-refractivity contribution in [1.29, 1.82) is 0 Å². The molecule has 0 radical (unpaired) electrons. The fraction of sp³-hybridized carbons (Fsp3) is 0.571. The van der Waals surface area contributed by atoms with Crippen molar-refractivity contribution in [3.05, 3.63) is 12.2 Å². The minimum Gasteiger partial charge on any atom is -0.302 e. The van der Waals surface area contributed by atoms with Crippen molar-refractivity contribution in [2.75, 3.05) is 20.1 Å². The maximum absolute atomic E-state index is 10.6. The summed E-state index contributed by atoms with van der Waals surface area (Å²) < 4.78 is 0. The van der Waals surface area contributed by atoms with E-state index in [2.05, 4.69) is 4.90 Å². The molecule has 1 aliphatic heterocycles. The van der Waals surface area contributed by atoms with Gasteiger partial charge >= 0.3 is 0 Å². The van der Waals surface area contributed by atoms with Gasteiger partial charge in [-0.1, -0.05) is 12.2 Å². The van der Waals surface area contributed by atoms with E-state index < -0.39 is 0 Å². The zero-order valence-corrected chi connectivity index (χ0v) is 6.64. The molecule has 0 amide bonds. The van der Waals surface area contributed by atoms with Crippen LogP contribution in [0.1, 0.15) is 0 Å². The Morgan fingerprint density at radius 2 is 2.50 bits per heavy atom. The summed E-state index contributed by atoms with van der Waals surface area (Å²) in [4.78, 5) is 12.7. The van der Waals surface area contributed by atoms with Gasteiger partial charge in [-0.2, -0.15) is 0 Å². The van der Waals surface area contributed by atoms with Crippen LogP contribution in [0, 0.1) is 5.92 Å². The molecule has 1 atom stereocenters. The molecule has 56 valence electrons. The van der Waals surface area contributed by atoms with Gasteiger partial charge in [0.1, 0.15) is 0 Å². The quantitative estimate of drug-likeness (QED) is 0.418. The highest BCUT2D eigenvalue weighted by Crippen LogP contribution is 2.10. The molecule has 0 aromatic carbocycles. The number of carbonyl (C=O) groups is 1. The molecule has 2 nitrogen and oxygen atoms in total.